The Bertz CT molecular complexity index is 828. The van der Waals surface area contributed by atoms with E-state index in [0.717, 1.165) is 0 Å². The summed E-state index contributed by atoms with van der Waals surface area (Å²) in [6.45, 7) is 0. The van der Waals surface area contributed by atoms with Gasteiger partial charge in [-0.15, -0.1) is 0 Å². The van der Waals surface area contributed by atoms with Gasteiger partial charge in [0, 0.05) is 19.6 Å². The van der Waals surface area contributed by atoms with Gasteiger partial charge in [0.25, 0.3) is 0 Å². The van der Waals surface area contributed by atoms with Crippen LogP contribution in [0.25, 0.3) is 0 Å². The van der Waals surface area contributed by atoms with Crippen molar-refractivity contribution in [2.75, 3.05) is 0 Å². The highest BCUT2D eigenvalue weighted by molar-refractivity contribution is 6.34. The van der Waals surface area contributed by atoms with Crippen molar-refractivity contribution in [2.24, 2.45) is 20.8 Å². The second-order valence-corrected chi connectivity index (χ2v) is 4.64. The fraction of sp³-hybridized carbons (Fsp3) is 0. The van der Waals surface area contributed by atoms with Crippen LogP contribution in [0, 0.1) is 0 Å². The van der Waals surface area contributed by atoms with Gasteiger partial charge in [0.2, 0.25) is 0 Å². The molecule has 0 fully saturated rings. The summed E-state index contributed by atoms with van der Waals surface area (Å²) in [6, 6.07) is 10.4. The maximum Gasteiger partial charge on any atom is 0.831 e. The quantitative estimate of drug-likeness (QED) is 0.412. The number of benzene rings is 2. The van der Waals surface area contributed by atoms with Crippen LogP contribution in [0.4, 0.5) is 9.05 Å². The number of halogens is 2. The van der Waals surface area contributed by atoms with E-state index in [-0.39, 0.29) is 11.1 Å². The van der Waals surface area contributed by atoms with Gasteiger partial charge in [-0.05, 0) is 24.3 Å². The average Bonchev–Trinajstić information content (AvgIpc) is 2.73. The van der Waals surface area contributed by atoms with Crippen LogP contribution in [0.2, 0.25) is 0 Å². The summed E-state index contributed by atoms with van der Waals surface area (Å²) in [5, 5.41) is 21.1. The molecule has 14 heteroatoms. The fourth-order valence-corrected chi connectivity index (χ4v) is 1.75. The number of rotatable bonds is 8. The third kappa shape index (κ3) is 5.53. The van der Waals surface area contributed by atoms with Crippen LogP contribution in [0.3, 0.4) is 0 Å². The smallest absolute Gasteiger partial charge is 0.375 e. The molecule has 0 unspecified atom stereocenters. The molecule has 0 heterocycles. The Balaban J connectivity index is 1.86. The molecular formula is C14H9BF2N4O7. The van der Waals surface area contributed by atoms with Gasteiger partial charge >= 0.3 is 19.1 Å². The fourth-order valence-electron chi connectivity index (χ4n) is 1.75. The summed E-state index contributed by atoms with van der Waals surface area (Å²) in [6.07, 6.45) is 0. The first-order valence-electron chi connectivity index (χ1n) is 7.22. The zero-order chi connectivity index (χ0) is 20.4. The highest BCUT2D eigenvalue weighted by atomic mass is 19.3. The molecule has 0 aliphatic carbocycles. The van der Waals surface area contributed by atoms with Gasteiger partial charge in [0.15, 0.2) is 11.5 Å². The molecule has 11 nitrogen and oxygen atoms in total. The summed E-state index contributed by atoms with van der Waals surface area (Å²) < 4.78 is 33.0. The van der Waals surface area contributed by atoms with Crippen molar-refractivity contribution in [3.05, 3.63) is 59.7 Å². The van der Waals surface area contributed by atoms with Gasteiger partial charge in [-0.25, -0.2) is 0 Å². The Morgan fingerprint density at radius 2 is 1.18 bits per heavy atom. The summed E-state index contributed by atoms with van der Waals surface area (Å²) >= 11 is 0. The lowest BCUT2D eigenvalue weighted by molar-refractivity contribution is -0.00712. The van der Waals surface area contributed by atoms with Crippen LogP contribution < -0.4 is 9.88 Å². The molecule has 0 radical (unpaired) electrons. The van der Waals surface area contributed by atoms with Crippen molar-refractivity contribution in [3.63, 3.8) is 0 Å². The lowest BCUT2D eigenvalue weighted by atomic mass is 10.2. The summed E-state index contributed by atoms with van der Waals surface area (Å²) in [5.74, 6) is -2.87. The molecule has 0 spiro atoms. The maximum atomic E-state index is 12.3. The zero-order valence-corrected chi connectivity index (χ0v) is 13.6. The highest BCUT2D eigenvalue weighted by Gasteiger charge is 2.22. The molecule has 1 N–H and O–H groups in total. The molecule has 144 valence electrons. The van der Waals surface area contributed by atoms with Crippen LogP contribution in [-0.4, -0.2) is 24.2 Å². The lowest BCUT2D eigenvalue weighted by Gasteiger charge is -2.00. The Labute approximate surface area is 155 Å². The molecule has 2 aromatic rings. The summed E-state index contributed by atoms with van der Waals surface area (Å²) in [5.41, 5.74) is -0.515. The largest absolute Gasteiger partial charge is 0.831 e. The molecule has 2 amide bonds. The van der Waals surface area contributed by atoms with Gasteiger partial charge in [0.1, 0.15) is 0 Å². The zero-order valence-electron chi connectivity index (χ0n) is 13.6. The van der Waals surface area contributed by atoms with E-state index in [9.17, 15) is 23.7 Å². The molecule has 2 rings (SSSR count). The first-order valence-corrected chi connectivity index (χ1v) is 7.22. The third-order valence-corrected chi connectivity index (χ3v) is 2.94. The highest BCUT2D eigenvalue weighted by Crippen LogP contribution is 2.20. The molecular weight excluding hydrogens is 385 g/mol. The van der Waals surface area contributed by atoms with E-state index >= 15 is 0 Å². The molecule has 2 aromatic carbocycles. The van der Waals surface area contributed by atoms with Crippen molar-refractivity contribution in [3.8, 4) is 11.5 Å². The van der Waals surface area contributed by atoms with Gasteiger partial charge in [-0.1, -0.05) is 34.5 Å². The van der Waals surface area contributed by atoms with Crippen LogP contribution >= 0.6 is 0 Å². The Hall–Kier alpha value is -3.94. The Kier molecular flexibility index (Phi) is 7.48. The second-order valence-electron chi connectivity index (χ2n) is 4.64. The first-order chi connectivity index (χ1) is 13.6. The number of amides is 2. The first kappa shape index (κ1) is 20.4. The number of carbonyl (C=O) groups excluding carboxylic acids is 2. The molecule has 0 aromatic heterocycles. The van der Waals surface area contributed by atoms with Gasteiger partial charge in [-0.2, -0.15) is 0 Å². The molecule has 0 saturated carbocycles. The van der Waals surface area contributed by atoms with E-state index in [1.807, 2.05) is 0 Å². The minimum absolute atomic E-state index is 0.258. The SMILES string of the molecule is O=C(N=NOB(O)ON=NC(=O)c1ccccc1OF)c1ccccc1OF. The van der Waals surface area contributed by atoms with E-state index in [4.69, 9.17) is 0 Å². The van der Waals surface area contributed by atoms with E-state index < -0.39 is 30.6 Å². The van der Waals surface area contributed by atoms with Gasteiger partial charge in [-0.3, -0.25) is 19.5 Å². The normalized spacial score (nSPS) is 10.7. The maximum absolute atomic E-state index is 12.3. The topological polar surface area (TPSA) is 141 Å². The van der Waals surface area contributed by atoms with Crippen molar-refractivity contribution in [1.29, 1.82) is 0 Å². The molecule has 0 aliphatic rings. The van der Waals surface area contributed by atoms with Crippen LogP contribution in [0.15, 0.2) is 69.3 Å². The molecule has 0 atom stereocenters. The van der Waals surface area contributed by atoms with Crippen molar-refractivity contribution in [1.82, 2.24) is 0 Å². The molecule has 28 heavy (non-hydrogen) atoms. The van der Waals surface area contributed by atoms with E-state index in [1.165, 1.54) is 48.5 Å². The minimum atomic E-state index is -2.19. The van der Waals surface area contributed by atoms with E-state index in [0.29, 0.717) is 0 Å². The minimum Gasteiger partial charge on any atom is -0.375 e. The number of hydrogen-bond donors (Lipinski definition) is 1. The number of nitrogens with zero attached hydrogens (tertiary/aromatic N) is 4. The second kappa shape index (κ2) is 10.3. The number of hydrogen-bond acceptors (Lipinski definition) is 9. The van der Waals surface area contributed by atoms with Crippen molar-refractivity contribution < 1.29 is 43.1 Å². The standard InChI is InChI=1S/C14H9BF2N4O7/c16-25-11-7-3-1-5-9(11)13(22)18-20-27-15(24)28-21-19-14(23)10-6-2-4-8-12(10)26-17/h1-8,24H. The number of carbonyl (C=O) groups is 2. The Morgan fingerprint density at radius 1 is 0.786 bits per heavy atom. The average molecular weight is 394 g/mol. The molecule has 0 aliphatic heterocycles. The summed E-state index contributed by atoms with van der Waals surface area (Å²) in [4.78, 5) is 30.4. The van der Waals surface area contributed by atoms with E-state index in [1.54, 1.807) is 0 Å². The van der Waals surface area contributed by atoms with Crippen molar-refractivity contribution >= 4 is 19.1 Å². The predicted octanol–water partition coefficient (Wildman–Crippen LogP) is 2.94. The van der Waals surface area contributed by atoms with Gasteiger partial charge in [0.05, 0.1) is 11.1 Å². The Morgan fingerprint density at radius 3 is 1.57 bits per heavy atom. The van der Waals surface area contributed by atoms with Crippen LogP contribution in [-0.2, 0) is 9.51 Å². The monoisotopic (exact) mass is 394 g/mol. The van der Waals surface area contributed by atoms with Crippen LogP contribution in [0.1, 0.15) is 20.7 Å². The number of para-hydroxylation sites is 2. The van der Waals surface area contributed by atoms with Gasteiger partial charge < -0.3 is 14.5 Å². The molecule has 0 saturated heterocycles. The summed E-state index contributed by atoms with van der Waals surface area (Å²) in [7, 11) is -2.19. The van der Waals surface area contributed by atoms with E-state index in [2.05, 4.69) is 40.2 Å². The molecule has 0 bridgehead atoms. The third-order valence-electron chi connectivity index (χ3n) is 2.94. The lowest BCUT2D eigenvalue weighted by Crippen LogP contribution is -2.17. The van der Waals surface area contributed by atoms with Crippen molar-refractivity contribution in [2.45, 2.75) is 0 Å². The van der Waals surface area contributed by atoms with Crippen LogP contribution in [0.5, 0.6) is 11.5 Å². The predicted molar refractivity (Wildman–Crippen MR) is 84.9 cm³/mol.